The molecule has 1 aliphatic carbocycles. The topological polar surface area (TPSA) is 24.7 Å². The third kappa shape index (κ3) is 4.81. The van der Waals surface area contributed by atoms with Crippen molar-refractivity contribution in [2.24, 2.45) is 9.98 Å². The minimum Gasteiger partial charge on any atom is -0.286 e. The number of nitrogens with zero attached hydrogens (tertiary/aromatic N) is 2. The molecule has 2 aromatic carbocycles. The van der Waals surface area contributed by atoms with Gasteiger partial charge in [0.2, 0.25) is 0 Å². The van der Waals surface area contributed by atoms with Crippen molar-refractivity contribution in [1.82, 2.24) is 0 Å². The summed E-state index contributed by atoms with van der Waals surface area (Å²) in [5.41, 5.74) is 9.71. The molecular formula is C31H40N2. The lowest BCUT2D eigenvalue weighted by Gasteiger charge is -2.28. The van der Waals surface area contributed by atoms with Gasteiger partial charge >= 0.3 is 0 Å². The Morgan fingerprint density at radius 2 is 0.970 bits per heavy atom. The molecule has 0 amide bonds. The van der Waals surface area contributed by atoms with Gasteiger partial charge in [-0.3, -0.25) is 9.98 Å². The van der Waals surface area contributed by atoms with Gasteiger partial charge in [-0.25, -0.2) is 0 Å². The number of benzene rings is 2. The molecule has 2 heteroatoms. The van der Waals surface area contributed by atoms with Crippen molar-refractivity contribution in [3.8, 4) is 0 Å². The van der Waals surface area contributed by atoms with Crippen molar-refractivity contribution in [2.75, 3.05) is 14.1 Å². The zero-order valence-corrected chi connectivity index (χ0v) is 21.8. The maximum absolute atomic E-state index is 4.68. The first-order valence-electron chi connectivity index (χ1n) is 12.3. The van der Waals surface area contributed by atoms with E-state index in [1.165, 1.54) is 22.3 Å². The molecule has 1 aliphatic rings. The highest BCUT2D eigenvalue weighted by Gasteiger charge is 2.26. The number of hydrogen-bond donors (Lipinski definition) is 0. The highest BCUT2D eigenvalue weighted by atomic mass is 14.8. The van der Waals surface area contributed by atoms with Crippen molar-refractivity contribution < 1.29 is 0 Å². The monoisotopic (exact) mass is 440 g/mol. The number of hydrogen-bond acceptors (Lipinski definition) is 2. The Morgan fingerprint density at radius 3 is 1.30 bits per heavy atom. The Labute approximate surface area is 201 Å². The summed E-state index contributed by atoms with van der Waals surface area (Å²) in [5.74, 6) is 0. The molecule has 0 heterocycles. The van der Waals surface area contributed by atoms with Crippen molar-refractivity contribution in [1.29, 1.82) is 0 Å². The Hall–Kier alpha value is -2.74. The van der Waals surface area contributed by atoms with Gasteiger partial charge in [0.25, 0.3) is 0 Å². The lowest BCUT2D eigenvalue weighted by atomic mass is 9.77. The van der Waals surface area contributed by atoms with Crippen LogP contribution < -0.4 is 0 Å². The van der Waals surface area contributed by atoms with E-state index in [1.807, 2.05) is 14.1 Å². The van der Waals surface area contributed by atoms with E-state index in [4.69, 9.17) is 0 Å². The normalized spacial score (nSPS) is 17.3. The van der Waals surface area contributed by atoms with Crippen LogP contribution in [0.25, 0.3) is 11.1 Å². The molecule has 0 saturated carbocycles. The van der Waals surface area contributed by atoms with Gasteiger partial charge in [0, 0.05) is 25.2 Å². The zero-order valence-electron chi connectivity index (χ0n) is 21.8. The number of rotatable bonds is 7. The molecule has 0 bridgehead atoms. The predicted molar refractivity (Wildman–Crippen MR) is 147 cm³/mol. The summed E-state index contributed by atoms with van der Waals surface area (Å²) in [6.45, 7) is 13.7. The summed E-state index contributed by atoms with van der Waals surface area (Å²) >= 11 is 0. The second-order valence-electron chi connectivity index (χ2n) is 9.97. The number of aliphatic imine (C=N–C) groups is 2. The van der Waals surface area contributed by atoms with Crippen LogP contribution in [0.4, 0.5) is 0 Å². The van der Waals surface area contributed by atoms with Crippen molar-refractivity contribution in [3.63, 3.8) is 0 Å². The summed E-state index contributed by atoms with van der Waals surface area (Å²) in [5, 5.41) is 0. The van der Waals surface area contributed by atoms with Gasteiger partial charge in [-0.15, -0.1) is 0 Å². The molecule has 0 atom stereocenters. The number of allylic oxidation sites excluding steroid dienone is 4. The molecule has 0 aliphatic heterocycles. The quantitative estimate of drug-likeness (QED) is 0.389. The van der Waals surface area contributed by atoms with E-state index in [-0.39, 0.29) is 10.8 Å². The van der Waals surface area contributed by atoms with Crippen molar-refractivity contribution in [3.05, 3.63) is 82.9 Å². The molecular weight excluding hydrogens is 400 g/mol. The second-order valence-corrected chi connectivity index (χ2v) is 9.97. The Morgan fingerprint density at radius 1 is 0.576 bits per heavy atom. The van der Waals surface area contributed by atoms with Gasteiger partial charge in [0.05, 0.1) is 11.4 Å². The van der Waals surface area contributed by atoms with E-state index in [2.05, 4.69) is 112 Å². The first kappa shape index (κ1) is 24.9. The molecule has 33 heavy (non-hydrogen) atoms. The van der Waals surface area contributed by atoms with Crippen LogP contribution in [-0.4, -0.2) is 25.5 Å². The molecule has 0 spiro atoms. The minimum absolute atomic E-state index is 0.183. The van der Waals surface area contributed by atoms with E-state index in [0.29, 0.717) is 0 Å². The second kappa shape index (κ2) is 10.0. The van der Waals surface area contributed by atoms with Crippen molar-refractivity contribution in [2.45, 2.75) is 71.6 Å². The standard InChI is InChI=1S/C31H40N2/c1-9-30(4,5)24-16-12-22(13-17-24)26-20-21-27(29(33-8)28(26)32-7)23-14-18-25(19-15-23)31(6,10-2)11-3/h12-21H,9-11H2,1-8H3/b32-28-,33-29-. The first-order chi connectivity index (χ1) is 15.7. The van der Waals surface area contributed by atoms with E-state index >= 15 is 0 Å². The SMILES string of the molecule is CCC(C)(C)c1ccc(C2=CC=C(c3ccc(C(C)(CC)CC)cc3)C(=N/C)/C2=N\C)cc1. The van der Waals surface area contributed by atoms with Gasteiger partial charge in [0.15, 0.2) is 0 Å². The molecule has 0 fully saturated rings. The van der Waals surface area contributed by atoms with E-state index < -0.39 is 0 Å². The molecule has 0 aromatic heterocycles. The summed E-state index contributed by atoms with van der Waals surface area (Å²) in [6, 6.07) is 18.0. The maximum Gasteiger partial charge on any atom is 0.0907 e. The maximum atomic E-state index is 4.68. The Kier molecular flexibility index (Phi) is 7.57. The van der Waals surface area contributed by atoms with Gasteiger partial charge in [-0.2, -0.15) is 0 Å². The van der Waals surface area contributed by atoms with Crippen LogP contribution in [0.2, 0.25) is 0 Å². The first-order valence-corrected chi connectivity index (χ1v) is 12.3. The molecule has 0 N–H and O–H groups in total. The average Bonchev–Trinajstić information content (AvgIpc) is 2.87. The lowest BCUT2D eigenvalue weighted by Crippen LogP contribution is -2.22. The minimum atomic E-state index is 0.183. The van der Waals surface area contributed by atoms with Gasteiger partial charge in [0.1, 0.15) is 0 Å². The van der Waals surface area contributed by atoms with Crippen LogP contribution >= 0.6 is 0 Å². The van der Waals surface area contributed by atoms with Gasteiger partial charge in [-0.05, 0) is 52.3 Å². The largest absolute Gasteiger partial charge is 0.286 e. The highest BCUT2D eigenvalue weighted by Crippen LogP contribution is 2.34. The van der Waals surface area contributed by atoms with Crippen LogP contribution in [-0.2, 0) is 10.8 Å². The van der Waals surface area contributed by atoms with Crippen LogP contribution in [0.5, 0.6) is 0 Å². The van der Waals surface area contributed by atoms with Crippen LogP contribution in [0.1, 0.15) is 83.1 Å². The van der Waals surface area contributed by atoms with Crippen LogP contribution in [0.15, 0.2) is 70.7 Å². The summed E-state index contributed by atoms with van der Waals surface area (Å²) in [4.78, 5) is 9.36. The van der Waals surface area contributed by atoms with Gasteiger partial charge in [-0.1, -0.05) is 102 Å². The fourth-order valence-electron chi connectivity index (χ4n) is 4.51. The zero-order chi connectivity index (χ0) is 24.2. The molecule has 2 aromatic rings. The fraction of sp³-hybridized carbons (Fsp3) is 0.419. The van der Waals surface area contributed by atoms with Crippen LogP contribution in [0.3, 0.4) is 0 Å². The molecule has 2 nitrogen and oxygen atoms in total. The molecule has 0 saturated heterocycles. The fourth-order valence-corrected chi connectivity index (χ4v) is 4.51. The van der Waals surface area contributed by atoms with Gasteiger partial charge < -0.3 is 0 Å². The molecule has 0 radical (unpaired) electrons. The van der Waals surface area contributed by atoms with E-state index in [9.17, 15) is 0 Å². The predicted octanol–water partition coefficient (Wildman–Crippen LogP) is 8.07. The molecule has 0 unspecified atom stereocenters. The summed E-state index contributed by atoms with van der Waals surface area (Å²) < 4.78 is 0. The Bertz CT molecular complexity index is 1090. The summed E-state index contributed by atoms with van der Waals surface area (Å²) in [7, 11) is 3.73. The Balaban J connectivity index is 2.01. The third-order valence-corrected chi connectivity index (χ3v) is 7.91. The van der Waals surface area contributed by atoms with E-state index in [1.54, 1.807) is 0 Å². The highest BCUT2D eigenvalue weighted by molar-refractivity contribution is 6.69. The third-order valence-electron chi connectivity index (χ3n) is 7.91. The average molecular weight is 441 g/mol. The van der Waals surface area contributed by atoms with Crippen molar-refractivity contribution >= 4 is 22.6 Å². The molecule has 174 valence electrons. The summed E-state index contributed by atoms with van der Waals surface area (Å²) in [6.07, 6.45) is 7.79. The smallest absolute Gasteiger partial charge is 0.0907 e. The van der Waals surface area contributed by atoms with Crippen LogP contribution in [0, 0.1) is 0 Å². The van der Waals surface area contributed by atoms with E-state index in [0.717, 1.165) is 41.8 Å². The lowest BCUT2D eigenvalue weighted by molar-refractivity contribution is 0.439. The molecule has 3 rings (SSSR count).